The van der Waals surface area contributed by atoms with Crippen molar-refractivity contribution in [1.29, 1.82) is 0 Å². The van der Waals surface area contributed by atoms with Crippen LogP contribution in [0, 0.1) is 0 Å². The minimum Gasteiger partial charge on any atom is -0.264 e. The van der Waals surface area contributed by atoms with Crippen molar-refractivity contribution in [3.63, 3.8) is 0 Å². The summed E-state index contributed by atoms with van der Waals surface area (Å²) < 4.78 is -0.122. The van der Waals surface area contributed by atoms with E-state index in [1.165, 1.54) is 16.3 Å². The maximum Gasteiger partial charge on any atom is 0.0349 e. The van der Waals surface area contributed by atoms with Gasteiger partial charge in [0.05, 0.1) is 0 Å². The number of fused-ring (bicyclic) bond motifs is 1. The molecule has 1 heterocycles. The molecule has 2 aromatic rings. The highest BCUT2D eigenvalue weighted by molar-refractivity contribution is 7.81. The van der Waals surface area contributed by atoms with Crippen LogP contribution in [0.2, 0.25) is 0 Å². The summed E-state index contributed by atoms with van der Waals surface area (Å²) in [5.74, 6) is 0. The third-order valence-electron chi connectivity index (χ3n) is 2.34. The molecule has 0 radical (unpaired) electrons. The normalized spacial score (nSPS) is 11.9. The lowest BCUT2D eigenvalue weighted by Crippen LogP contribution is -2.08. The van der Waals surface area contributed by atoms with Crippen LogP contribution in [0.1, 0.15) is 19.4 Å². The van der Waals surface area contributed by atoms with Crippen LogP contribution in [0.25, 0.3) is 10.8 Å². The minimum atomic E-state index is -0.122. The second-order valence-corrected chi connectivity index (χ2v) is 5.08. The summed E-state index contributed by atoms with van der Waals surface area (Å²) in [5.41, 5.74) is 1.23. The predicted molar refractivity (Wildman–Crippen MR) is 63.8 cm³/mol. The molecule has 0 N–H and O–H groups in total. The Labute approximate surface area is 89.6 Å². The highest BCUT2D eigenvalue weighted by atomic mass is 32.1. The van der Waals surface area contributed by atoms with E-state index in [9.17, 15) is 0 Å². The van der Waals surface area contributed by atoms with Gasteiger partial charge in [-0.05, 0) is 30.9 Å². The fraction of sp³-hybridized carbons (Fsp3) is 0.250. The van der Waals surface area contributed by atoms with Crippen LogP contribution in [0.15, 0.2) is 36.7 Å². The molecule has 0 saturated carbocycles. The summed E-state index contributed by atoms with van der Waals surface area (Å²) in [6, 6.07) is 8.30. The highest BCUT2D eigenvalue weighted by Crippen LogP contribution is 2.32. The van der Waals surface area contributed by atoms with E-state index in [0.29, 0.717) is 0 Å². The average Bonchev–Trinajstić information content (AvgIpc) is 2.15. The van der Waals surface area contributed by atoms with Crippen LogP contribution in [-0.4, -0.2) is 4.98 Å². The maximum absolute atomic E-state index is 4.59. The van der Waals surface area contributed by atoms with Gasteiger partial charge in [-0.15, -0.1) is 0 Å². The molecule has 0 aliphatic rings. The molecular formula is C12H13NS. The number of aromatic nitrogens is 1. The molecule has 0 saturated heterocycles. The smallest absolute Gasteiger partial charge is 0.0349 e. The van der Waals surface area contributed by atoms with E-state index in [0.717, 1.165) is 0 Å². The van der Waals surface area contributed by atoms with Gasteiger partial charge in [0.1, 0.15) is 0 Å². The second-order valence-electron chi connectivity index (χ2n) is 3.96. The summed E-state index contributed by atoms with van der Waals surface area (Å²) in [5, 5.41) is 2.41. The SMILES string of the molecule is CC(C)(S)c1cccc2ccncc12. The third-order valence-corrected chi connectivity index (χ3v) is 2.58. The fourth-order valence-corrected chi connectivity index (χ4v) is 1.84. The summed E-state index contributed by atoms with van der Waals surface area (Å²) in [7, 11) is 0. The largest absolute Gasteiger partial charge is 0.264 e. The van der Waals surface area contributed by atoms with Crippen molar-refractivity contribution in [3.05, 3.63) is 42.2 Å². The number of rotatable bonds is 1. The summed E-state index contributed by atoms with van der Waals surface area (Å²) in [6.07, 6.45) is 3.72. The molecule has 1 aromatic carbocycles. The lowest BCUT2D eigenvalue weighted by atomic mass is 9.97. The van der Waals surface area contributed by atoms with E-state index in [-0.39, 0.29) is 4.75 Å². The first kappa shape index (κ1) is 9.53. The minimum absolute atomic E-state index is 0.122. The Bertz CT molecular complexity index is 452. The molecule has 0 unspecified atom stereocenters. The van der Waals surface area contributed by atoms with Gasteiger partial charge in [-0.3, -0.25) is 4.98 Å². The van der Waals surface area contributed by atoms with Crippen LogP contribution >= 0.6 is 12.6 Å². The Hall–Kier alpha value is -1.02. The average molecular weight is 203 g/mol. The second kappa shape index (κ2) is 3.28. The van der Waals surface area contributed by atoms with Crippen LogP contribution in [0.3, 0.4) is 0 Å². The van der Waals surface area contributed by atoms with Gasteiger partial charge in [-0.1, -0.05) is 18.2 Å². The lowest BCUT2D eigenvalue weighted by Gasteiger charge is -2.19. The Balaban J connectivity index is 2.78. The molecule has 0 amide bonds. The lowest BCUT2D eigenvalue weighted by molar-refractivity contribution is 0.799. The first-order valence-electron chi connectivity index (χ1n) is 4.64. The molecule has 0 fully saturated rings. The van der Waals surface area contributed by atoms with Gasteiger partial charge in [0, 0.05) is 22.5 Å². The van der Waals surface area contributed by atoms with E-state index in [1.807, 2.05) is 18.5 Å². The molecule has 0 bridgehead atoms. The molecule has 1 nitrogen and oxygen atoms in total. The number of nitrogens with zero attached hydrogens (tertiary/aromatic N) is 1. The van der Waals surface area contributed by atoms with Crippen LogP contribution in [0.4, 0.5) is 0 Å². The van der Waals surface area contributed by atoms with Gasteiger partial charge in [0.25, 0.3) is 0 Å². The first-order chi connectivity index (χ1) is 6.59. The number of benzene rings is 1. The van der Waals surface area contributed by atoms with Crippen LogP contribution < -0.4 is 0 Å². The molecular weight excluding hydrogens is 190 g/mol. The maximum atomic E-state index is 4.59. The Morgan fingerprint density at radius 3 is 2.71 bits per heavy atom. The number of hydrogen-bond acceptors (Lipinski definition) is 2. The third kappa shape index (κ3) is 1.62. The zero-order chi connectivity index (χ0) is 10.2. The van der Waals surface area contributed by atoms with Gasteiger partial charge < -0.3 is 0 Å². The Kier molecular flexibility index (Phi) is 2.23. The van der Waals surface area contributed by atoms with Crippen LogP contribution in [0.5, 0.6) is 0 Å². The van der Waals surface area contributed by atoms with E-state index >= 15 is 0 Å². The van der Waals surface area contributed by atoms with Crippen molar-refractivity contribution in [2.45, 2.75) is 18.6 Å². The Morgan fingerprint density at radius 1 is 1.21 bits per heavy atom. The molecule has 2 rings (SSSR count). The molecule has 0 spiro atoms. The highest BCUT2D eigenvalue weighted by Gasteiger charge is 2.17. The molecule has 72 valence electrons. The predicted octanol–water partition coefficient (Wildman–Crippen LogP) is 3.40. The number of thiol groups is 1. The molecule has 0 atom stereocenters. The topological polar surface area (TPSA) is 12.9 Å². The van der Waals surface area contributed by atoms with Crippen molar-refractivity contribution in [3.8, 4) is 0 Å². The quantitative estimate of drug-likeness (QED) is 0.701. The molecule has 2 heteroatoms. The fourth-order valence-electron chi connectivity index (χ4n) is 1.65. The van der Waals surface area contributed by atoms with Gasteiger partial charge >= 0.3 is 0 Å². The van der Waals surface area contributed by atoms with Crippen LogP contribution in [-0.2, 0) is 4.75 Å². The molecule has 1 aromatic heterocycles. The van der Waals surface area contributed by atoms with E-state index in [2.05, 4.69) is 49.7 Å². The zero-order valence-electron chi connectivity index (χ0n) is 8.36. The summed E-state index contributed by atoms with van der Waals surface area (Å²) in [6.45, 7) is 4.19. The number of pyridine rings is 1. The van der Waals surface area contributed by atoms with E-state index in [4.69, 9.17) is 0 Å². The van der Waals surface area contributed by atoms with Gasteiger partial charge in [-0.25, -0.2) is 0 Å². The van der Waals surface area contributed by atoms with Crippen molar-refractivity contribution in [1.82, 2.24) is 4.98 Å². The monoisotopic (exact) mass is 203 g/mol. The first-order valence-corrected chi connectivity index (χ1v) is 5.09. The Morgan fingerprint density at radius 2 is 2.00 bits per heavy atom. The van der Waals surface area contributed by atoms with E-state index in [1.54, 1.807) is 0 Å². The molecule has 14 heavy (non-hydrogen) atoms. The van der Waals surface area contributed by atoms with Gasteiger partial charge in [-0.2, -0.15) is 12.6 Å². The zero-order valence-corrected chi connectivity index (χ0v) is 9.25. The van der Waals surface area contributed by atoms with Crippen molar-refractivity contribution in [2.75, 3.05) is 0 Å². The molecule has 0 aliphatic carbocycles. The van der Waals surface area contributed by atoms with Gasteiger partial charge in [0.15, 0.2) is 0 Å². The van der Waals surface area contributed by atoms with E-state index < -0.39 is 0 Å². The van der Waals surface area contributed by atoms with Crippen molar-refractivity contribution in [2.24, 2.45) is 0 Å². The standard InChI is InChI=1S/C12H13NS/c1-12(2,14)11-5-3-4-9-6-7-13-8-10(9)11/h3-8,14H,1-2H3. The molecule has 0 aliphatic heterocycles. The van der Waals surface area contributed by atoms with Crippen molar-refractivity contribution < 1.29 is 0 Å². The van der Waals surface area contributed by atoms with Crippen molar-refractivity contribution >= 4 is 23.4 Å². The van der Waals surface area contributed by atoms with Gasteiger partial charge in [0.2, 0.25) is 0 Å². The number of hydrogen-bond donors (Lipinski definition) is 1. The summed E-state index contributed by atoms with van der Waals surface area (Å²) >= 11 is 4.59. The summed E-state index contributed by atoms with van der Waals surface area (Å²) in [4.78, 5) is 4.15.